The van der Waals surface area contributed by atoms with Crippen LogP contribution >= 0.6 is 0 Å². The van der Waals surface area contributed by atoms with Gasteiger partial charge in [-0.05, 0) is 38.1 Å². The van der Waals surface area contributed by atoms with Gasteiger partial charge in [0.15, 0.2) is 0 Å². The number of imidazole rings is 1. The van der Waals surface area contributed by atoms with Gasteiger partial charge in [-0.3, -0.25) is 4.98 Å². The Balaban J connectivity index is 2.02. The van der Waals surface area contributed by atoms with E-state index in [-0.39, 0.29) is 6.04 Å². The summed E-state index contributed by atoms with van der Waals surface area (Å²) < 4.78 is 7.91. The molecular formula is C16H18N4O. The number of nitrogens with two attached hydrogens (primary N) is 1. The van der Waals surface area contributed by atoms with Gasteiger partial charge in [0, 0.05) is 24.4 Å². The fraction of sp³-hybridized carbons (Fsp3) is 0.250. The van der Waals surface area contributed by atoms with Gasteiger partial charge in [0.05, 0.1) is 11.9 Å². The van der Waals surface area contributed by atoms with Gasteiger partial charge in [-0.25, -0.2) is 0 Å². The minimum atomic E-state index is 0.0311. The maximum atomic E-state index is 5.95. The van der Waals surface area contributed by atoms with Crippen molar-refractivity contribution in [2.24, 2.45) is 5.73 Å². The predicted molar refractivity (Wildman–Crippen MR) is 81.6 cm³/mol. The van der Waals surface area contributed by atoms with Crippen LogP contribution in [0.3, 0.4) is 0 Å². The molecule has 3 rings (SSSR count). The molecule has 0 saturated heterocycles. The molecule has 0 aliphatic carbocycles. The van der Waals surface area contributed by atoms with Gasteiger partial charge in [-0.1, -0.05) is 6.07 Å². The summed E-state index contributed by atoms with van der Waals surface area (Å²) in [6, 6.07) is 9.71. The molecule has 21 heavy (non-hydrogen) atoms. The second kappa shape index (κ2) is 5.54. The first-order valence-corrected chi connectivity index (χ1v) is 6.95. The molecule has 3 heterocycles. The zero-order valence-corrected chi connectivity index (χ0v) is 12.2. The number of pyridine rings is 2. The van der Waals surface area contributed by atoms with E-state index in [0.29, 0.717) is 18.1 Å². The monoisotopic (exact) mass is 282 g/mol. The van der Waals surface area contributed by atoms with E-state index >= 15 is 0 Å². The first kappa shape index (κ1) is 13.6. The summed E-state index contributed by atoms with van der Waals surface area (Å²) in [5.41, 5.74) is 8.72. The lowest BCUT2D eigenvalue weighted by Gasteiger charge is -2.08. The third-order valence-corrected chi connectivity index (χ3v) is 3.21. The lowest BCUT2D eigenvalue weighted by Crippen LogP contribution is -2.19. The molecule has 0 radical (unpaired) electrons. The summed E-state index contributed by atoms with van der Waals surface area (Å²) in [5.74, 6) is 1.26. The molecule has 5 nitrogen and oxygen atoms in total. The summed E-state index contributed by atoms with van der Waals surface area (Å²) >= 11 is 0. The van der Waals surface area contributed by atoms with Gasteiger partial charge in [-0.2, -0.15) is 4.98 Å². The Hall–Kier alpha value is -2.40. The predicted octanol–water partition coefficient (Wildman–Crippen LogP) is 2.72. The Morgan fingerprint density at radius 2 is 2.14 bits per heavy atom. The SMILES string of the molecule is Cc1ccc(Oc2nc3ccccn3c2CC(C)N)cn1. The molecule has 0 amide bonds. The molecule has 2 N–H and O–H groups in total. The van der Waals surface area contributed by atoms with E-state index in [1.807, 2.05) is 54.8 Å². The largest absolute Gasteiger partial charge is 0.436 e. The van der Waals surface area contributed by atoms with E-state index in [9.17, 15) is 0 Å². The molecule has 0 aliphatic heterocycles. The quantitative estimate of drug-likeness (QED) is 0.799. The van der Waals surface area contributed by atoms with Crippen LogP contribution in [-0.4, -0.2) is 20.4 Å². The van der Waals surface area contributed by atoms with Gasteiger partial charge in [0.2, 0.25) is 5.88 Å². The lowest BCUT2D eigenvalue weighted by molar-refractivity contribution is 0.454. The number of nitrogens with zero attached hydrogens (tertiary/aromatic N) is 3. The van der Waals surface area contributed by atoms with Gasteiger partial charge in [-0.15, -0.1) is 0 Å². The topological polar surface area (TPSA) is 65.4 Å². The standard InChI is InChI=1S/C16H18N4O/c1-11(17)9-14-16(19-15-5-3-4-8-20(14)15)21-13-7-6-12(2)18-10-13/h3-8,10-11H,9,17H2,1-2H3. The number of ether oxygens (including phenoxy) is 1. The van der Waals surface area contributed by atoms with E-state index < -0.39 is 0 Å². The van der Waals surface area contributed by atoms with Crippen LogP contribution in [0.5, 0.6) is 11.6 Å². The van der Waals surface area contributed by atoms with Crippen LogP contribution in [0.4, 0.5) is 0 Å². The Morgan fingerprint density at radius 1 is 1.29 bits per heavy atom. The second-order valence-corrected chi connectivity index (χ2v) is 5.21. The van der Waals surface area contributed by atoms with Crippen molar-refractivity contribution in [2.75, 3.05) is 0 Å². The average Bonchev–Trinajstić information content (AvgIpc) is 2.79. The van der Waals surface area contributed by atoms with Crippen molar-refractivity contribution in [3.05, 3.63) is 54.1 Å². The normalized spacial score (nSPS) is 12.5. The number of hydrogen-bond donors (Lipinski definition) is 1. The molecule has 1 atom stereocenters. The Morgan fingerprint density at radius 3 is 2.86 bits per heavy atom. The molecule has 0 bridgehead atoms. The van der Waals surface area contributed by atoms with Gasteiger partial charge in [0.1, 0.15) is 11.4 Å². The maximum Gasteiger partial charge on any atom is 0.241 e. The Bertz CT molecular complexity index is 747. The third kappa shape index (κ3) is 2.87. The van der Waals surface area contributed by atoms with Crippen molar-refractivity contribution in [1.29, 1.82) is 0 Å². The van der Waals surface area contributed by atoms with Gasteiger partial charge < -0.3 is 14.9 Å². The Labute approximate surface area is 123 Å². The molecule has 0 aliphatic rings. The summed E-state index contributed by atoms with van der Waals surface area (Å²) in [7, 11) is 0. The molecule has 5 heteroatoms. The molecule has 0 spiro atoms. The number of fused-ring (bicyclic) bond motifs is 1. The molecule has 3 aromatic heterocycles. The van der Waals surface area contributed by atoms with Crippen molar-refractivity contribution >= 4 is 5.65 Å². The summed E-state index contributed by atoms with van der Waals surface area (Å²) in [6.45, 7) is 3.91. The van der Waals surface area contributed by atoms with Crippen molar-refractivity contribution in [3.63, 3.8) is 0 Å². The van der Waals surface area contributed by atoms with E-state index in [2.05, 4.69) is 9.97 Å². The number of aryl methyl sites for hydroxylation is 1. The van der Waals surface area contributed by atoms with Crippen molar-refractivity contribution in [1.82, 2.24) is 14.4 Å². The van der Waals surface area contributed by atoms with E-state index in [1.54, 1.807) is 6.20 Å². The molecule has 0 saturated carbocycles. The highest BCUT2D eigenvalue weighted by Crippen LogP contribution is 2.26. The van der Waals surface area contributed by atoms with Gasteiger partial charge in [0.25, 0.3) is 0 Å². The fourth-order valence-corrected chi connectivity index (χ4v) is 2.22. The van der Waals surface area contributed by atoms with E-state index in [0.717, 1.165) is 17.0 Å². The van der Waals surface area contributed by atoms with Crippen LogP contribution in [0.1, 0.15) is 18.3 Å². The molecule has 3 aromatic rings. The van der Waals surface area contributed by atoms with E-state index in [4.69, 9.17) is 10.5 Å². The summed E-state index contributed by atoms with van der Waals surface area (Å²) in [6.07, 6.45) is 4.37. The van der Waals surface area contributed by atoms with Crippen molar-refractivity contribution in [3.8, 4) is 11.6 Å². The first-order chi connectivity index (χ1) is 10.1. The lowest BCUT2D eigenvalue weighted by atomic mass is 10.2. The number of rotatable bonds is 4. The highest BCUT2D eigenvalue weighted by atomic mass is 16.5. The second-order valence-electron chi connectivity index (χ2n) is 5.21. The van der Waals surface area contributed by atoms with Crippen molar-refractivity contribution in [2.45, 2.75) is 26.3 Å². The fourth-order valence-electron chi connectivity index (χ4n) is 2.22. The summed E-state index contributed by atoms with van der Waals surface area (Å²) in [5, 5.41) is 0. The maximum absolute atomic E-state index is 5.95. The highest BCUT2D eigenvalue weighted by Gasteiger charge is 2.15. The zero-order chi connectivity index (χ0) is 14.8. The van der Waals surface area contributed by atoms with Crippen LogP contribution < -0.4 is 10.5 Å². The molecule has 0 fully saturated rings. The minimum absolute atomic E-state index is 0.0311. The first-order valence-electron chi connectivity index (χ1n) is 6.95. The average molecular weight is 282 g/mol. The molecule has 108 valence electrons. The number of aromatic nitrogens is 3. The molecule has 1 unspecified atom stereocenters. The zero-order valence-electron chi connectivity index (χ0n) is 12.2. The van der Waals surface area contributed by atoms with Crippen molar-refractivity contribution < 1.29 is 4.74 Å². The van der Waals surface area contributed by atoms with Crippen LogP contribution in [0.25, 0.3) is 5.65 Å². The minimum Gasteiger partial charge on any atom is -0.436 e. The smallest absolute Gasteiger partial charge is 0.241 e. The van der Waals surface area contributed by atoms with Gasteiger partial charge >= 0.3 is 0 Å². The van der Waals surface area contributed by atoms with Crippen LogP contribution in [0.2, 0.25) is 0 Å². The van der Waals surface area contributed by atoms with Crippen LogP contribution in [-0.2, 0) is 6.42 Å². The number of hydrogen-bond acceptors (Lipinski definition) is 4. The molecular weight excluding hydrogens is 264 g/mol. The van der Waals surface area contributed by atoms with E-state index in [1.165, 1.54) is 0 Å². The highest BCUT2D eigenvalue weighted by molar-refractivity contribution is 5.47. The Kier molecular flexibility index (Phi) is 3.58. The van der Waals surface area contributed by atoms with Crippen LogP contribution in [0, 0.1) is 6.92 Å². The molecule has 0 aromatic carbocycles. The summed E-state index contributed by atoms with van der Waals surface area (Å²) in [4.78, 5) is 8.78. The third-order valence-electron chi connectivity index (χ3n) is 3.21. The van der Waals surface area contributed by atoms with Crippen LogP contribution in [0.15, 0.2) is 42.7 Å².